The molecule has 0 radical (unpaired) electrons. The van der Waals surface area contributed by atoms with Gasteiger partial charge in [0.15, 0.2) is 0 Å². The second-order valence-corrected chi connectivity index (χ2v) is 4.40. The molecule has 0 bridgehead atoms. The van der Waals surface area contributed by atoms with E-state index in [-0.39, 0.29) is 0 Å². The van der Waals surface area contributed by atoms with Gasteiger partial charge in [0.05, 0.1) is 0 Å². The normalized spacial score (nSPS) is 13.4. The highest BCUT2D eigenvalue weighted by Gasteiger charge is 2.27. The summed E-state index contributed by atoms with van der Waals surface area (Å²) in [5.74, 6) is -0.833. The second-order valence-electron chi connectivity index (χ2n) is 2.03. The summed E-state index contributed by atoms with van der Waals surface area (Å²) in [6.07, 6.45) is 2.01. The zero-order valence-corrected chi connectivity index (χ0v) is 9.44. The van der Waals surface area contributed by atoms with Gasteiger partial charge in [-0.15, -0.1) is 0 Å². The van der Waals surface area contributed by atoms with Crippen molar-refractivity contribution >= 4 is 40.8 Å². The third kappa shape index (κ3) is 14.9. The first-order valence-electron chi connectivity index (χ1n) is 3.29. The molecule has 0 heterocycles. The summed E-state index contributed by atoms with van der Waals surface area (Å²) in [5, 5.41) is 16.3. The molecule has 2 N–H and O–H groups in total. The van der Waals surface area contributed by atoms with E-state index in [0.29, 0.717) is 0 Å². The molecule has 0 aromatic carbocycles. The number of carboxylic acids is 1. The number of carboxylic acid groups (broad SMARTS) is 1. The molecule has 0 aromatic heterocycles. The zero-order valence-electron chi connectivity index (χ0n) is 7.17. The minimum atomic E-state index is -1.60. The fraction of sp³-hybridized carbons (Fsp3) is 0.571. The average molecular weight is 250 g/mol. The summed E-state index contributed by atoms with van der Waals surface area (Å²) < 4.78 is -1.60. The molecule has 0 saturated heterocycles. The molecule has 0 aliphatic carbocycles. The van der Waals surface area contributed by atoms with Gasteiger partial charge in [-0.1, -0.05) is 47.0 Å². The lowest BCUT2D eigenvalue weighted by atomic mass is 10.3. The third-order valence-corrected chi connectivity index (χ3v) is 1.38. The Morgan fingerprint density at radius 2 is 1.77 bits per heavy atom. The maximum atomic E-state index is 9.00. The van der Waals surface area contributed by atoms with Gasteiger partial charge in [0.25, 0.3) is 5.97 Å². The standard InChI is InChI=1S/C5H7Cl3O.C2H4O2/c1-2-3-4(9)5(6,7)8;1-2(3)4/h2-4,9H,1H3;1H3,(H,3,4). The summed E-state index contributed by atoms with van der Waals surface area (Å²) in [7, 11) is 0. The molecule has 0 amide bonds. The van der Waals surface area contributed by atoms with Crippen molar-refractivity contribution < 1.29 is 15.0 Å². The van der Waals surface area contributed by atoms with Gasteiger partial charge in [-0.25, -0.2) is 0 Å². The van der Waals surface area contributed by atoms with E-state index in [1.165, 1.54) is 6.08 Å². The molecule has 0 aliphatic rings. The molecule has 0 saturated carbocycles. The predicted molar refractivity (Wildman–Crippen MR) is 54.4 cm³/mol. The molecular weight excluding hydrogens is 238 g/mol. The van der Waals surface area contributed by atoms with Crippen LogP contribution in [0.2, 0.25) is 0 Å². The molecule has 3 nitrogen and oxygen atoms in total. The summed E-state index contributed by atoms with van der Waals surface area (Å²) >= 11 is 15.9. The number of carbonyl (C=O) groups is 1. The number of halogens is 3. The molecule has 6 heteroatoms. The van der Waals surface area contributed by atoms with Crippen molar-refractivity contribution in [3.63, 3.8) is 0 Å². The second kappa shape index (κ2) is 7.44. The minimum absolute atomic E-state index is 0.833. The first-order valence-corrected chi connectivity index (χ1v) is 4.42. The van der Waals surface area contributed by atoms with E-state index in [1.54, 1.807) is 13.0 Å². The van der Waals surface area contributed by atoms with Gasteiger partial charge in [0, 0.05) is 6.92 Å². The van der Waals surface area contributed by atoms with Crippen LogP contribution >= 0.6 is 34.8 Å². The molecule has 0 rings (SSSR count). The SMILES string of the molecule is CC(=O)O.CC=CC(O)C(Cl)(Cl)Cl. The molecular formula is C7H11Cl3O3. The lowest BCUT2D eigenvalue weighted by molar-refractivity contribution is -0.134. The molecule has 1 unspecified atom stereocenters. The Labute approximate surface area is 91.9 Å². The van der Waals surface area contributed by atoms with Crippen LogP contribution in [-0.2, 0) is 4.79 Å². The fourth-order valence-corrected chi connectivity index (χ4v) is 0.510. The lowest BCUT2D eigenvalue weighted by Crippen LogP contribution is -2.22. The van der Waals surface area contributed by atoms with Gasteiger partial charge in [0.1, 0.15) is 6.10 Å². The van der Waals surface area contributed by atoms with E-state index < -0.39 is 15.9 Å². The molecule has 0 spiro atoms. The van der Waals surface area contributed by atoms with Crippen LogP contribution in [0.5, 0.6) is 0 Å². The van der Waals surface area contributed by atoms with E-state index in [1.807, 2.05) is 0 Å². The van der Waals surface area contributed by atoms with Crippen molar-refractivity contribution in [3.05, 3.63) is 12.2 Å². The Morgan fingerprint density at radius 1 is 1.46 bits per heavy atom. The minimum Gasteiger partial charge on any atom is -0.481 e. The van der Waals surface area contributed by atoms with Gasteiger partial charge < -0.3 is 10.2 Å². The van der Waals surface area contributed by atoms with Crippen LogP contribution in [0.25, 0.3) is 0 Å². The molecule has 0 fully saturated rings. The molecule has 0 aliphatic heterocycles. The molecule has 78 valence electrons. The van der Waals surface area contributed by atoms with Gasteiger partial charge in [-0.3, -0.25) is 4.79 Å². The Kier molecular flexibility index (Phi) is 8.88. The van der Waals surface area contributed by atoms with Crippen LogP contribution in [-0.4, -0.2) is 26.1 Å². The topological polar surface area (TPSA) is 57.5 Å². The number of allylic oxidation sites excluding steroid dienone is 1. The van der Waals surface area contributed by atoms with Crippen molar-refractivity contribution in [2.24, 2.45) is 0 Å². The summed E-state index contributed by atoms with van der Waals surface area (Å²) in [5.41, 5.74) is 0. The largest absolute Gasteiger partial charge is 0.481 e. The van der Waals surface area contributed by atoms with Gasteiger partial charge in [-0.05, 0) is 6.92 Å². The van der Waals surface area contributed by atoms with Crippen LogP contribution in [0.3, 0.4) is 0 Å². The maximum Gasteiger partial charge on any atom is 0.300 e. The smallest absolute Gasteiger partial charge is 0.300 e. The van der Waals surface area contributed by atoms with Gasteiger partial charge in [0.2, 0.25) is 3.79 Å². The van der Waals surface area contributed by atoms with Crippen molar-refractivity contribution in [2.75, 3.05) is 0 Å². The first kappa shape index (κ1) is 15.5. The van der Waals surface area contributed by atoms with Gasteiger partial charge in [-0.2, -0.15) is 0 Å². The zero-order chi connectivity index (χ0) is 11.1. The predicted octanol–water partition coefficient (Wildman–Crippen LogP) is 2.38. The summed E-state index contributed by atoms with van der Waals surface area (Å²) in [4.78, 5) is 9.00. The van der Waals surface area contributed by atoms with Crippen LogP contribution in [0.1, 0.15) is 13.8 Å². The average Bonchev–Trinajstić information content (AvgIpc) is 1.84. The number of hydrogen-bond donors (Lipinski definition) is 2. The quantitative estimate of drug-likeness (QED) is 0.554. The number of aliphatic carboxylic acids is 1. The Morgan fingerprint density at radius 3 is 1.85 bits per heavy atom. The van der Waals surface area contributed by atoms with Crippen molar-refractivity contribution in [3.8, 4) is 0 Å². The summed E-state index contributed by atoms with van der Waals surface area (Å²) in [6.45, 7) is 2.82. The van der Waals surface area contributed by atoms with Crippen LogP contribution < -0.4 is 0 Å². The number of hydrogen-bond acceptors (Lipinski definition) is 2. The van der Waals surface area contributed by atoms with E-state index >= 15 is 0 Å². The summed E-state index contributed by atoms with van der Waals surface area (Å²) in [6, 6.07) is 0. The van der Waals surface area contributed by atoms with E-state index in [9.17, 15) is 0 Å². The van der Waals surface area contributed by atoms with Crippen molar-refractivity contribution in [1.82, 2.24) is 0 Å². The number of alkyl halides is 3. The maximum absolute atomic E-state index is 9.00. The monoisotopic (exact) mass is 248 g/mol. The van der Waals surface area contributed by atoms with E-state index in [2.05, 4.69) is 0 Å². The van der Waals surface area contributed by atoms with E-state index in [4.69, 9.17) is 49.8 Å². The molecule has 1 atom stereocenters. The van der Waals surface area contributed by atoms with Crippen LogP contribution in [0.4, 0.5) is 0 Å². The third-order valence-electron chi connectivity index (χ3n) is 0.710. The fourth-order valence-electron chi connectivity index (χ4n) is 0.291. The highest BCUT2D eigenvalue weighted by molar-refractivity contribution is 6.68. The van der Waals surface area contributed by atoms with Crippen LogP contribution in [0, 0.1) is 0 Å². The van der Waals surface area contributed by atoms with Crippen molar-refractivity contribution in [1.29, 1.82) is 0 Å². The Hall–Kier alpha value is 0.0400. The number of aliphatic hydroxyl groups is 1. The van der Waals surface area contributed by atoms with Gasteiger partial charge >= 0.3 is 0 Å². The number of rotatable bonds is 1. The molecule has 0 aromatic rings. The molecule has 13 heavy (non-hydrogen) atoms. The highest BCUT2D eigenvalue weighted by atomic mass is 35.6. The highest BCUT2D eigenvalue weighted by Crippen LogP contribution is 2.30. The Balaban J connectivity index is 0. The Bertz CT molecular complexity index is 170. The van der Waals surface area contributed by atoms with E-state index in [0.717, 1.165) is 6.92 Å². The van der Waals surface area contributed by atoms with Crippen LogP contribution in [0.15, 0.2) is 12.2 Å². The first-order chi connectivity index (χ1) is 5.71. The lowest BCUT2D eigenvalue weighted by Gasteiger charge is -2.13. The number of aliphatic hydroxyl groups excluding tert-OH is 1. The van der Waals surface area contributed by atoms with Crippen molar-refractivity contribution in [2.45, 2.75) is 23.7 Å².